The molecule has 0 aliphatic carbocycles. The van der Waals surface area contributed by atoms with Gasteiger partial charge in [0, 0.05) is 31.3 Å². The average molecular weight is 375 g/mol. The van der Waals surface area contributed by atoms with Gasteiger partial charge in [-0.05, 0) is 25.6 Å². The lowest BCUT2D eigenvalue weighted by Gasteiger charge is -2.39. The van der Waals surface area contributed by atoms with Crippen molar-refractivity contribution in [3.63, 3.8) is 0 Å². The van der Waals surface area contributed by atoms with Gasteiger partial charge in [0.25, 0.3) is 5.69 Å². The molecule has 0 radical (unpaired) electrons. The van der Waals surface area contributed by atoms with Crippen LogP contribution in [0.25, 0.3) is 0 Å². The maximum atomic E-state index is 13.2. The Morgan fingerprint density at radius 1 is 1.12 bits per heavy atom. The maximum absolute atomic E-state index is 13.2. The monoisotopic (exact) mass is 375 g/mol. The summed E-state index contributed by atoms with van der Waals surface area (Å²) in [7, 11) is -1.90. The number of benzene rings is 2. The van der Waals surface area contributed by atoms with E-state index in [2.05, 4.69) is 4.90 Å². The van der Waals surface area contributed by atoms with E-state index in [9.17, 15) is 18.5 Å². The molecule has 0 unspecified atom stereocenters. The highest BCUT2D eigenvalue weighted by Gasteiger charge is 2.36. The van der Waals surface area contributed by atoms with E-state index in [-0.39, 0.29) is 16.6 Å². The normalized spacial score (nSPS) is 19.4. The van der Waals surface area contributed by atoms with Crippen LogP contribution in [-0.4, -0.2) is 49.2 Å². The predicted molar refractivity (Wildman–Crippen MR) is 98.4 cm³/mol. The molecule has 26 heavy (non-hydrogen) atoms. The molecular formula is C18H21N3O4S. The second kappa shape index (κ2) is 7.14. The zero-order chi connectivity index (χ0) is 18.9. The molecule has 0 saturated carbocycles. The summed E-state index contributed by atoms with van der Waals surface area (Å²) >= 11 is 0. The van der Waals surface area contributed by atoms with Crippen LogP contribution in [0.3, 0.4) is 0 Å². The van der Waals surface area contributed by atoms with Crippen LogP contribution in [0.5, 0.6) is 0 Å². The number of hydrogen-bond acceptors (Lipinski definition) is 5. The van der Waals surface area contributed by atoms with Gasteiger partial charge < -0.3 is 4.90 Å². The highest BCUT2D eigenvalue weighted by Crippen LogP contribution is 2.32. The van der Waals surface area contributed by atoms with Crippen LogP contribution in [0.1, 0.15) is 17.2 Å². The third kappa shape index (κ3) is 3.48. The first kappa shape index (κ1) is 18.5. The summed E-state index contributed by atoms with van der Waals surface area (Å²) in [6.45, 7) is 3.10. The van der Waals surface area contributed by atoms with E-state index in [1.165, 1.54) is 16.4 Å². The van der Waals surface area contributed by atoms with Crippen molar-refractivity contribution in [1.82, 2.24) is 9.21 Å². The van der Waals surface area contributed by atoms with Crippen LogP contribution in [-0.2, 0) is 10.0 Å². The van der Waals surface area contributed by atoms with Gasteiger partial charge in [-0.2, -0.15) is 4.31 Å². The Morgan fingerprint density at radius 3 is 2.46 bits per heavy atom. The van der Waals surface area contributed by atoms with Crippen molar-refractivity contribution in [2.24, 2.45) is 0 Å². The Kier molecular flexibility index (Phi) is 5.08. The van der Waals surface area contributed by atoms with Crippen molar-refractivity contribution >= 4 is 15.7 Å². The summed E-state index contributed by atoms with van der Waals surface area (Å²) in [4.78, 5) is 12.7. The molecule has 0 aromatic heterocycles. The third-order valence-corrected chi connectivity index (χ3v) is 6.61. The number of rotatable bonds is 4. The van der Waals surface area contributed by atoms with E-state index in [1.54, 1.807) is 6.92 Å². The van der Waals surface area contributed by atoms with Gasteiger partial charge >= 0.3 is 0 Å². The molecule has 0 bridgehead atoms. The quantitative estimate of drug-likeness (QED) is 0.606. The molecule has 1 fully saturated rings. The minimum Gasteiger partial charge on any atom is -0.303 e. The van der Waals surface area contributed by atoms with E-state index in [0.717, 1.165) is 11.6 Å². The van der Waals surface area contributed by atoms with Crippen molar-refractivity contribution in [1.29, 1.82) is 0 Å². The minimum absolute atomic E-state index is 0.0414. The lowest BCUT2D eigenvalue weighted by atomic mass is 10.1. The second-order valence-corrected chi connectivity index (χ2v) is 8.40. The molecule has 0 N–H and O–H groups in total. The molecule has 1 atom stereocenters. The fourth-order valence-electron chi connectivity index (χ4n) is 3.22. The summed E-state index contributed by atoms with van der Waals surface area (Å²) in [6.07, 6.45) is 0. The van der Waals surface area contributed by atoms with Crippen LogP contribution in [0.15, 0.2) is 53.4 Å². The van der Waals surface area contributed by atoms with Crippen LogP contribution >= 0.6 is 0 Å². The van der Waals surface area contributed by atoms with Gasteiger partial charge in [0.15, 0.2) is 0 Å². The van der Waals surface area contributed by atoms with E-state index in [0.29, 0.717) is 25.2 Å². The number of likely N-dealkylation sites (N-methyl/N-ethyl adjacent to an activating group) is 1. The Balaban J connectivity index is 2.04. The van der Waals surface area contributed by atoms with Gasteiger partial charge in [0.2, 0.25) is 10.0 Å². The molecule has 1 aliphatic heterocycles. The molecule has 0 amide bonds. The Labute approximate surface area is 153 Å². The summed E-state index contributed by atoms with van der Waals surface area (Å²) in [5.74, 6) is 0. The topological polar surface area (TPSA) is 83.8 Å². The first-order chi connectivity index (χ1) is 12.3. The van der Waals surface area contributed by atoms with Crippen molar-refractivity contribution in [3.05, 3.63) is 69.8 Å². The summed E-state index contributed by atoms with van der Waals surface area (Å²) in [5.41, 5.74) is 1.16. The molecule has 1 aliphatic rings. The average Bonchev–Trinajstić information content (AvgIpc) is 2.62. The van der Waals surface area contributed by atoms with E-state index >= 15 is 0 Å². The zero-order valence-corrected chi connectivity index (χ0v) is 15.5. The summed E-state index contributed by atoms with van der Waals surface area (Å²) < 4.78 is 28.0. The fraction of sp³-hybridized carbons (Fsp3) is 0.333. The smallest absolute Gasteiger partial charge is 0.273 e. The lowest BCUT2D eigenvalue weighted by molar-refractivity contribution is -0.385. The molecule has 2 aromatic carbocycles. The van der Waals surface area contributed by atoms with Crippen LogP contribution < -0.4 is 0 Å². The second-order valence-electron chi connectivity index (χ2n) is 6.51. The summed E-state index contributed by atoms with van der Waals surface area (Å²) in [6, 6.07) is 13.2. The van der Waals surface area contributed by atoms with Crippen molar-refractivity contribution in [3.8, 4) is 0 Å². The van der Waals surface area contributed by atoms with Gasteiger partial charge in [-0.3, -0.25) is 10.1 Å². The highest BCUT2D eigenvalue weighted by atomic mass is 32.2. The predicted octanol–water partition coefficient (Wildman–Crippen LogP) is 2.58. The SMILES string of the molecule is Cc1ccc(S(=O)(=O)N2CCN(C)C[C@@H]2c2ccccc2)cc1[N+](=O)[O-]. The Bertz CT molecular complexity index is 915. The van der Waals surface area contributed by atoms with Crippen molar-refractivity contribution in [2.75, 3.05) is 26.7 Å². The number of aryl methyl sites for hydroxylation is 1. The molecule has 1 heterocycles. The van der Waals surface area contributed by atoms with E-state index in [1.807, 2.05) is 37.4 Å². The van der Waals surface area contributed by atoms with Gasteiger partial charge in [0.1, 0.15) is 0 Å². The molecule has 2 aromatic rings. The van der Waals surface area contributed by atoms with E-state index in [4.69, 9.17) is 0 Å². The van der Waals surface area contributed by atoms with Crippen molar-refractivity contribution < 1.29 is 13.3 Å². The largest absolute Gasteiger partial charge is 0.303 e. The molecule has 0 spiro atoms. The third-order valence-electron chi connectivity index (χ3n) is 4.70. The van der Waals surface area contributed by atoms with Crippen LogP contribution in [0, 0.1) is 17.0 Å². The molecule has 138 valence electrons. The highest BCUT2D eigenvalue weighted by molar-refractivity contribution is 7.89. The fourth-order valence-corrected chi connectivity index (χ4v) is 4.84. The first-order valence-corrected chi connectivity index (χ1v) is 9.75. The standard InChI is InChI=1S/C18H21N3O4S/c1-14-8-9-16(12-17(14)21(22)23)26(24,25)20-11-10-19(2)13-18(20)15-6-4-3-5-7-15/h3-9,12,18H,10-11,13H2,1-2H3/t18-/m1/s1. The summed E-state index contributed by atoms with van der Waals surface area (Å²) in [5, 5.41) is 11.2. The number of hydrogen-bond donors (Lipinski definition) is 0. The Morgan fingerprint density at radius 2 is 1.81 bits per heavy atom. The van der Waals surface area contributed by atoms with Gasteiger partial charge in [-0.25, -0.2) is 8.42 Å². The number of nitrogens with zero attached hydrogens (tertiary/aromatic N) is 3. The molecular weight excluding hydrogens is 354 g/mol. The van der Waals surface area contributed by atoms with E-state index < -0.39 is 14.9 Å². The Hall–Kier alpha value is -2.29. The van der Waals surface area contributed by atoms with Crippen LogP contribution in [0.4, 0.5) is 5.69 Å². The molecule has 3 rings (SSSR count). The minimum atomic E-state index is -3.85. The molecule has 1 saturated heterocycles. The number of piperazine rings is 1. The molecule has 7 nitrogen and oxygen atoms in total. The zero-order valence-electron chi connectivity index (χ0n) is 14.7. The van der Waals surface area contributed by atoms with Gasteiger partial charge in [-0.15, -0.1) is 0 Å². The van der Waals surface area contributed by atoms with Gasteiger partial charge in [-0.1, -0.05) is 36.4 Å². The van der Waals surface area contributed by atoms with Crippen molar-refractivity contribution in [2.45, 2.75) is 17.9 Å². The lowest BCUT2D eigenvalue weighted by Crippen LogP contribution is -2.49. The van der Waals surface area contributed by atoms with Gasteiger partial charge in [0.05, 0.1) is 15.9 Å². The first-order valence-electron chi connectivity index (χ1n) is 8.31. The maximum Gasteiger partial charge on any atom is 0.273 e. The molecule has 8 heteroatoms. The number of sulfonamides is 1. The van der Waals surface area contributed by atoms with Crippen LogP contribution in [0.2, 0.25) is 0 Å². The number of nitro benzene ring substituents is 1. The number of nitro groups is 1.